The molecule has 2 rings (SSSR count). The van der Waals surface area contributed by atoms with Gasteiger partial charge >= 0.3 is 0 Å². The number of hydrogen-bond acceptors (Lipinski definition) is 2. The summed E-state index contributed by atoms with van der Waals surface area (Å²) in [6, 6.07) is 3.84. The molecule has 0 fully saturated rings. The van der Waals surface area contributed by atoms with E-state index in [1.165, 1.54) is 11.3 Å². The van der Waals surface area contributed by atoms with Crippen LogP contribution in [0.5, 0.6) is 5.75 Å². The van der Waals surface area contributed by atoms with Crippen LogP contribution >= 0.6 is 0 Å². The summed E-state index contributed by atoms with van der Waals surface area (Å²) in [4.78, 5) is 2.41. The standard InChI is InChI=1S/C13H19NO.C2H6/c1-3-8-14-9-4-5-11-12(15)7-6-10(2)13(11)14;1-2/h6-7,15H,3-5,8-9H2,1-2H3;1-2H3. The molecule has 17 heavy (non-hydrogen) atoms. The summed E-state index contributed by atoms with van der Waals surface area (Å²) in [6.45, 7) is 10.6. The highest BCUT2D eigenvalue weighted by Crippen LogP contribution is 2.36. The van der Waals surface area contributed by atoms with E-state index in [0.29, 0.717) is 5.75 Å². The fourth-order valence-corrected chi connectivity index (χ4v) is 2.48. The molecule has 0 aliphatic carbocycles. The van der Waals surface area contributed by atoms with Crippen LogP contribution in [-0.4, -0.2) is 18.2 Å². The Labute approximate surface area is 105 Å². The van der Waals surface area contributed by atoms with E-state index < -0.39 is 0 Å². The molecule has 0 radical (unpaired) electrons. The van der Waals surface area contributed by atoms with Crippen molar-refractivity contribution >= 4 is 5.69 Å². The Morgan fingerprint density at radius 2 is 2.00 bits per heavy atom. The van der Waals surface area contributed by atoms with E-state index in [4.69, 9.17) is 0 Å². The molecule has 0 saturated heterocycles. The first-order valence-electron chi connectivity index (χ1n) is 6.80. The fourth-order valence-electron chi connectivity index (χ4n) is 2.48. The van der Waals surface area contributed by atoms with Crippen molar-refractivity contribution in [2.24, 2.45) is 0 Å². The molecule has 0 amide bonds. The number of phenols is 1. The number of aryl methyl sites for hydroxylation is 1. The molecular weight excluding hydrogens is 210 g/mol. The van der Waals surface area contributed by atoms with Gasteiger partial charge < -0.3 is 10.0 Å². The van der Waals surface area contributed by atoms with Crippen LogP contribution in [0.3, 0.4) is 0 Å². The summed E-state index contributed by atoms with van der Waals surface area (Å²) in [6.07, 6.45) is 3.33. The van der Waals surface area contributed by atoms with Crippen LogP contribution in [0.25, 0.3) is 0 Å². The van der Waals surface area contributed by atoms with Crippen LogP contribution in [0.2, 0.25) is 0 Å². The summed E-state index contributed by atoms with van der Waals surface area (Å²) in [5.41, 5.74) is 3.72. The molecule has 0 atom stereocenters. The van der Waals surface area contributed by atoms with Gasteiger partial charge in [-0.25, -0.2) is 0 Å². The van der Waals surface area contributed by atoms with Gasteiger partial charge in [0.15, 0.2) is 0 Å². The monoisotopic (exact) mass is 235 g/mol. The van der Waals surface area contributed by atoms with Crippen molar-refractivity contribution in [2.45, 2.75) is 47.0 Å². The van der Waals surface area contributed by atoms with Gasteiger partial charge in [0.2, 0.25) is 0 Å². The summed E-state index contributed by atoms with van der Waals surface area (Å²) < 4.78 is 0. The molecule has 2 heteroatoms. The van der Waals surface area contributed by atoms with Crippen molar-refractivity contribution < 1.29 is 5.11 Å². The number of rotatable bonds is 2. The number of hydrogen-bond donors (Lipinski definition) is 1. The molecule has 1 aromatic carbocycles. The lowest BCUT2D eigenvalue weighted by Gasteiger charge is -2.33. The number of fused-ring (bicyclic) bond motifs is 1. The van der Waals surface area contributed by atoms with Gasteiger partial charge in [-0.1, -0.05) is 26.8 Å². The molecule has 1 aromatic rings. The highest BCUT2D eigenvalue weighted by atomic mass is 16.3. The zero-order chi connectivity index (χ0) is 12.8. The lowest BCUT2D eigenvalue weighted by molar-refractivity contribution is 0.464. The Kier molecular flexibility index (Phi) is 5.33. The molecule has 1 aliphatic rings. The third kappa shape index (κ3) is 2.93. The Morgan fingerprint density at radius 1 is 1.29 bits per heavy atom. The molecule has 1 heterocycles. The number of benzene rings is 1. The molecule has 0 bridgehead atoms. The molecule has 2 nitrogen and oxygen atoms in total. The molecule has 96 valence electrons. The van der Waals surface area contributed by atoms with Crippen LogP contribution in [0.4, 0.5) is 5.69 Å². The molecular formula is C15H25NO. The maximum Gasteiger partial charge on any atom is 0.120 e. The van der Waals surface area contributed by atoms with E-state index in [9.17, 15) is 5.11 Å². The summed E-state index contributed by atoms with van der Waals surface area (Å²) >= 11 is 0. The normalized spacial score (nSPS) is 13.8. The van der Waals surface area contributed by atoms with Gasteiger partial charge in [0.25, 0.3) is 0 Å². The van der Waals surface area contributed by atoms with Crippen molar-refractivity contribution in [3.05, 3.63) is 23.3 Å². The first kappa shape index (κ1) is 13.9. The first-order valence-corrected chi connectivity index (χ1v) is 6.80. The summed E-state index contributed by atoms with van der Waals surface area (Å²) in [5, 5.41) is 9.84. The van der Waals surface area contributed by atoms with Crippen LogP contribution in [0.15, 0.2) is 12.1 Å². The topological polar surface area (TPSA) is 23.5 Å². The highest BCUT2D eigenvalue weighted by molar-refractivity contribution is 5.65. The third-order valence-electron chi connectivity index (χ3n) is 3.12. The predicted octanol–water partition coefficient (Wildman–Crippen LogP) is 3.89. The Balaban J connectivity index is 0.000000686. The molecule has 1 N–H and O–H groups in total. The third-order valence-corrected chi connectivity index (χ3v) is 3.12. The van der Waals surface area contributed by atoms with Gasteiger partial charge in [-0.05, 0) is 37.8 Å². The molecule has 0 aromatic heterocycles. The zero-order valence-corrected chi connectivity index (χ0v) is 11.6. The molecule has 0 unspecified atom stereocenters. The number of aromatic hydroxyl groups is 1. The number of phenolic OH excluding ortho intramolecular Hbond substituents is 1. The fraction of sp³-hybridized carbons (Fsp3) is 0.600. The van der Waals surface area contributed by atoms with Crippen molar-refractivity contribution in [1.82, 2.24) is 0 Å². The van der Waals surface area contributed by atoms with Gasteiger partial charge in [-0.2, -0.15) is 0 Å². The maximum atomic E-state index is 9.84. The van der Waals surface area contributed by atoms with E-state index in [2.05, 4.69) is 18.7 Å². The Hall–Kier alpha value is -1.18. The molecule has 0 spiro atoms. The van der Waals surface area contributed by atoms with Crippen LogP contribution in [-0.2, 0) is 6.42 Å². The Bertz CT molecular complexity index is 360. The number of nitrogens with zero attached hydrogens (tertiary/aromatic N) is 1. The maximum absolute atomic E-state index is 9.84. The lowest BCUT2D eigenvalue weighted by Crippen LogP contribution is -2.30. The minimum Gasteiger partial charge on any atom is -0.508 e. The van der Waals surface area contributed by atoms with Crippen molar-refractivity contribution in [3.63, 3.8) is 0 Å². The Morgan fingerprint density at radius 3 is 2.65 bits per heavy atom. The van der Waals surface area contributed by atoms with Gasteiger partial charge in [0, 0.05) is 24.3 Å². The minimum atomic E-state index is 0.469. The van der Waals surface area contributed by atoms with Crippen LogP contribution in [0.1, 0.15) is 44.7 Å². The number of anilines is 1. The largest absolute Gasteiger partial charge is 0.508 e. The van der Waals surface area contributed by atoms with Crippen LogP contribution in [0, 0.1) is 6.92 Å². The zero-order valence-electron chi connectivity index (χ0n) is 11.6. The minimum absolute atomic E-state index is 0.469. The molecule has 0 saturated carbocycles. The first-order chi connectivity index (χ1) is 8.24. The average molecular weight is 235 g/mol. The smallest absolute Gasteiger partial charge is 0.120 e. The second kappa shape index (κ2) is 6.53. The van der Waals surface area contributed by atoms with Crippen molar-refractivity contribution in [3.8, 4) is 5.75 Å². The predicted molar refractivity (Wildman–Crippen MR) is 75.0 cm³/mol. The van der Waals surface area contributed by atoms with E-state index in [1.54, 1.807) is 0 Å². The summed E-state index contributed by atoms with van der Waals surface area (Å²) in [5.74, 6) is 0.469. The second-order valence-electron chi connectivity index (χ2n) is 4.32. The van der Waals surface area contributed by atoms with E-state index >= 15 is 0 Å². The molecule has 1 aliphatic heterocycles. The quantitative estimate of drug-likeness (QED) is 0.840. The van der Waals surface area contributed by atoms with E-state index in [-0.39, 0.29) is 0 Å². The highest BCUT2D eigenvalue weighted by Gasteiger charge is 2.20. The van der Waals surface area contributed by atoms with Crippen molar-refractivity contribution in [2.75, 3.05) is 18.0 Å². The van der Waals surface area contributed by atoms with Crippen molar-refractivity contribution in [1.29, 1.82) is 0 Å². The van der Waals surface area contributed by atoms with Gasteiger partial charge in [0.05, 0.1) is 0 Å². The van der Waals surface area contributed by atoms with Gasteiger partial charge in [-0.15, -0.1) is 0 Å². The average Bonchev–Trinajstić information content (AvgIpc) is 2.37. The van der Waals surface area contributed by atoms with E-state index in [1.807, 2.05) is 26.0 Å². The van der Waals surface area contributed by atoms with Crippen LogP contribution < -0.4 is 4.90 Å². The lowest BCUT2D eigenvalue weighted by atomic mass is 9.97. The van der Waals surface area contributed by atoms with E-state index in [0.717, 1.165) is 37.9 Å². The summed E-state index contributed by atoms with van der Waals surface area (Å²) in [7, 11) is 0. The SMILES string of the molecule is CC.CCCN1CCCc2c(O)ccc(C)c21. The van der Waals surface area contributed by atoms with Gasteiger partial charge in [-0.3, -0.25) is 0 Å². The second-order valence-corrected chi connectivity index (χ2v) is 4.32. The van der Waals surface area contributed by atoms with Gasteiger partial charge in [0.1, 0.15) is 5.75 Å².